The van der Waals surface area contributed by atoms with E-state index in [1.165, 1.54) is 18.2 Å². The molecule has 1 aromatic carbocycles. The zero-order valence-corrected chi connectivity index (χ0v) is 10.7. The van der Waals surface area contributed by atoms with Crippen LogP contribution in [0.2, 0.25) is 0 Å². The summed E-state index contributed by atoms with van der Waals surface area (Å²) >= 11 is 0. The first kappa shape index (κ1) is 12.9. The van der Waals surface area contributed by atoms with Gasteiger partial charge in [-0.25, -0.2) is 4.79 Å². The third-order valence-electron chi connectivity index (χ3n) is 3.17. The van der Waals surface area contributed by atoms with Gasteiger partial charge in [0.25, 0.3) is 0 Å². The molecule has 0 atom stereocenters. The molecule has 0 saturated carbocycles. The molecule has 2 heterocycles. The van der Waals surface area contributed by atoms with Gasteiger partial charge in [-0.15, -0.1) is 0 Å². The SMILES string of the molecule is O=C(O)c1ccc2ccn(Cc3ccc([N+](=O)[O-])o3)c2c1. The minimum Gasteiger partial charge on any atom is -0.478 e. The van der Waals surface area contributed by atoms with Crippen molar-refractivity contribution in [2.45, 2.75) is 6.54 Å². The molecule has 0 aliphatic heterocycles. The molecule has 0 aliphatic rings. The van der Waals surface area contributed by atoms with Gasteiger partial charge in [-0.05, 0) is 29.7 Å². The Morgan fingerprint density at radius 1 is 1.29 bits per heavy atom. The minimum absolute atomic E-state index is 0.188. The van der Waals surface area contributed by atoms with Crippen LogP contribution in [0.5, 0.6) is 0 Å². The van der Waals surface area contributed by atoms with Gasteiger partial charge < -0.3 is 14.1 Å². The first-order chi connectivity index (χ1) is 10.0. The normalized spacial score (nSPS) is 10.9. The van der Waals surface area contributed by atoms with Crippen LogP contribution in [-0.4, -0.2) is 20.6 Å². The highest BCUT2D eigenvalue weighted by molar-refractivity contribution is 5.93. The summed E-state index contributed by atoms with van der Waals surface area (Å²) in [5.41, 5.74) is 0.918. The number of carbonyl (C=O) groups is 1. The third-order valence-corrected chi connectivity index (χ3v) is 3.17. The standard InChI is InChI=1S/C14H10N2O5/c17-14(18)10-2-1-9-5-6-15(12(9)7-10)8-11-3-4-13(21-11)16(19)20/h1-7H,8H2,(H,17,18). The number of nitro groups is 1. The summed E-state index contributed by atoms with van der Waals surface area (Å²) in [6, 6.07) is 9.49. The van der Waals surface area contributed by atoms with E-state index in [0.717, 1.165) is 10.9 Å². The van der Waals surface area contributed by atoms with Crippen molar-refractivity contribution in [3.8, 4) is 0 Å². The number of rotatable bonds is 4. The van der Waals surface area contributed by atoms with Crippen molar-refractivity contribution < 1.29 is 19.2 Å². The van der Waals surface area contributed by atoms with Crippen LogP contribution in [0.1, 0.15) is 16.1 Å². The summed E-state index contributed by atoms with van der Waals surface area (Å²) in [5, 5.41) is 20.5. The van der Waals surface area contributed by atoms with Gasteiger partial charge in [0.2, 0.25) is 0 Å². The second-order valence-corrected chi connectivity index (χ2v) is 4.52. The Kier molecular flexibility index (Phi) is 2.94. The number of hydrogen-bond acceptors (Lipinski definition) is 4. The molecule has 7 heteroatoms. The molecule has 0 spiro atoms. The monoisotopic (exact) mass is 286 g/mol. The van der Waals surface area contributed by atoms with Crippen molar-refractivity contribution in [3.63, 3.8) is 0 Å². The van der Waals surface area contributed by atoms with Gasteiger partial charge in [0.15, 0.2) is 0 Å². The Morgan fingerprint density at radius 3 is 2.76 bits per heavy atom. The number of carboxylic acid groups (broad SMARTS) is 1. The van der Waals surface area contributed by atoms with Crippen LogP contribution in [0.25, 0.3) is 10.9 Å². The second kappa shape index (κ2) is 4.78. The van der Waals surface area contributed by atoms with Crippen LogP contribution in [0, 0.1) is 10.1 Å². The molecule has 0 fully saturated rings. The molecule has 21 heavy (non-hydrogen) atoms. The molecular formula is C14H10N2O5. The highest BCUT2D eigenvalue weighted by atomic mass is 16.6. The zero-order valence-electron chi connectivity index (χ0n) is 10.7. The lowest BCUT2D eigenvalue weighted by molar-refractivity contribution is -0.402. The van der Waals surface area contributed by atoms with Crippen LogP contribution in [-0.2, 0) is 6.54 Å². The molecule has 0 aliphatic carbocycles. The number of benzene rings is 1. The molecule has 0 unspecified atom stereocenters. The third kappa shape index (κ3) is 2.36. The number of carboxylic acids is 1. The Morgan fingerprint density at radius 2 is 2.10 bits per heavy atom. The highest BCUT2D eigenvalue weighted by Crippen LogP contribution is 2.21. The van der Waals surface area contributed by atoms with E-state index in [9.17, 15) is 14.9 Å². The molecule has 2 aromatic heterocycles. The Labute approximate surface area is 118 Å². The maximum absolute atomic E-state index is 11.0. The van der Waals surface area contributed by atoms with Crippen molar-refractivity contribution >= 4 is 22.8 Å². The lowest BCUT2D eigenvalue weighted by Gasteiger charge is -2.03. The molecule has 3 aromatic rings. The quantitative estimate of drug-likeness (QED) is 0.587. The van der Waals surface area contributed by atoms with Gasteiger partial charge in [-0.1, -0.05) is 6.07 Å². The fourth-order valence-corrected chi connectivity index (χ4v) is 2.17. The smallest absolute Gasteiger partial charge is 0.433 e. The average molecular weight is 286 g/mol. The van der Waals surface area contributed by atoms with Gasteiger partial charge >= 0.3 is 11.9 Å². The minimum atomic E-state index is -1.00. The van der Waals surface area contributed by atoms with E-state index in [1.54, 1.807) is 22.9 Å². The van der Waals surface area contributed by atoms with Crippen molar-refractivity contribution in [1.29, 1.82) is 0 Å². The van der Waals surface area contributed by atoms with E-state index in [-0.39, 0.29) is 11.4 Å². The molecule has 0 radical (unpaired) electrons. The highest BCUT2D eigenvalue weighted by Gasteiger charge is 2.13. The molecular weight excluding hydrogens is 276 g/mol. The van der Waals surface area contributed by atoms with E-state index in [2.05, 4.69) is 0 Å². The van der Waals surface area contributed by atoms with Crippen LogP contribution < -0.4 is 0 Å². The summed E-state index contributed by atoms with van der Waals surface area (Å²) in [5.74, 6) is -0.883. The van der Waals surface area contributed by atoms with Crippen LogP contribution in [0.4, 0.5) is 5.88 Å². The number of aromatic nitrogens is 1. The van der Waals surface area contributed by atoms with E-state index in [1.807, 2.05) is 6.07 Å². The lowest BCUT2D eigenvalue weighted by Crippen LogP contribution is -1.99. The predicted molar refractivity (Wildman–Crippen MR) is 73.4 cm³/mol. The molecule has 1 N–H and O–H groups in total. The van der Waals surface area contributed by atoms with Crippen LogP contribution in [0.15, 0.2) is 47.0 Å². The maximum Gasteiger partial charge on any atom is 0.433 e. The van der Waals surface area contributed by atoms with Crippen molar-refractivity contribution in [3.05, 3.63) is 64.0 Å². The van der Waals surface area contributed by atoms with Crippen LogP contribution in [0.3, 0.4) is 0 Å². The summed E-state index contributed by atoms with van der Waals surface area (Å²) in [6.07, 6.45) is 1.78. The molecule has 106 valence electrons. The summed E-state index contributed by atoms with van der Waals surface area (Å²) in [7, 11) is 0. The number of aromatic carboxylic acids is 1. The second-order valence-electron chi connectivity index (χ2n) is 4.52. The molecule has 3 rings (SSSR count). The fourth-order valence-electron chi connectivity index (χ4n) is 2.17. The van der Waals surface area contributed by atoms with E-state index in [4.69, 9.17) is 9.52 Å². The Bertz CT molecular complexity index is 846. The summed E-state index contributed by atoms with van der Waals surface area (Å²) in [4.78, 5) is 21.0. The van der Waals surface area contributed by atoms with Crippen LogP contribution >= 0.6 is 0 Å². The zero-order chi connectivity index (χ0) is 15.0. The number of fused-ring (bicyclic) bond motifs is 1. The van der Waals surface area contributed by atoms with Gasteiger partial charge in [0.05, 0.1) is 18.2 Å². The van der Waals surface area contributed by atoms with E-state index >= 15 is 0 Å². The first-order valence-electron chi connectivity index (χ1n) is 6.10. The van der Waals surface area contributed by atoms with Gasteiger partial charge in [-0.3, -0.25) is 10.1 Å². The molecule has 0 amide bonds. The van der Waals surface area contributed by atoms with Gasteiger partial charge in [0.1, 0.15) is 10.7 Å². The fraction of sp³-hybridized carbons (Fsp3) is 0.0714. The molecule has 0 saturated heterocycles. The Hall–Kier alpha value is -3.09. The molecule has 0 bridgehead atoms. The summed E-state index contributed by atoms with van der Waals surface area (Å²) < 4.78 is 6.89. The summed E-state index contributed by atoms with van der Waals surface area (Å²) in [6.45, 7) is 0.292. The number of nitrogens with zero attached hydrogens (tertiary/aromatic N) is 2. The Balaban J connectivity index is 1.97. The maximum atomic E-state index is 11.0. The average Bonchev–Trinajstić information content (AvgIpc) is 3.06. The van der Waals surface area contributed by atoms with Crippen molar-refractivity contribution in [1.82, 2.24) is 4.57 Å². The number of hydrogen-bond donors (Lipinski definition) is 1. The van der Waals surface area contributed by atoms with Crippen molar-refractivity contribution in [2.75, 3.05) is 0 Å². The first-order valence-corrected chi connectivity index (χ1v) is 6.10. The lowest BCUT2D eigenvalue weighted by atomic mass is 10.1. The number of furan rings is 1. The molecule has 7 nitrogen and oxygen atoms in total. The van der Waals surface area contributed by atoms with E-state index in [0.29, 0.717) is 12.3 Å². The predicted octanol–water partition coefficient (Wildman–Crippen LogP) is 2.89. The van der Waals surface area contributed by atoms with Gasteiger partial charge in [-0.2, -0.15) is 0 Å². The van der Waals surface area contributed by atoms with Crippen molar-refractivity contribution in [2.24, 2.45) is 0 Å². The van der Waals surface area contributed by atoms with E-state index < -0.39 is 10.9 Å². The van der Waals surface area contributed by atoms with Gasteiger partial charge in [0, 0.05) is 11.7 Å². The largest absolute Gasteiger partial charge is 0.478 e. The topological polar surface area (TPSA) is 98.5 Å².